The topological polar surface area (TPSA) is 63.2 Å². The number of hydrogen-bond acceptors (Lipinski definition) is 3. The van der Waals surface area contributed by atoms with Crippen molar-refractivity contribution in [3.63, 3.8) is 0 Å². The minimum Gasteiger partial charge on any atom is -0.351 e. The molecule has 1 N–H and O–H groups in total. The van der Waals surface area contributed by atoms with E-state index in [0.717, 1.165) is 16.3 Å². The van der Waals surface area contributed by atoms with Crippen LogP contribution in [0.2, 0.25) is 0 Å². The van der Waals surface area contributed by atoms with Gasteiger partial charge in [0.05, 0.1) is 4.90 Å². The predicted octanol–water partition coefficient (Wildman–Crippen LogP) is 2.93. The molecule has 24 heavy (non-hydrogen) atoms. The highest BCUT2D eigenvalue weighted by Gasteiger charge is 2.19. The van der Waals surface area contributed by atoms with Crippen LogP contribution in [0.1, 0.15) is 5.56 Å². The van der Waals surface area contributed by atoms with Gasteiger partial charge in [0.1, 0.15) is 5.75 Å². The Hall–Kier alpha value is -2.66. The summed E-state index contributed by atoms with van der Waals surface area (Å²) >= 11 is 0. The molecule has 0 aliphatic rings. The van der Waals surface area contributed by atoms with E-state index in [9.17, 15) is 13.2 Å². The summed E-state index contributed by atoms with van der Waals surface area (Å²) in [6, 6.07) is 21.8. The van der Waals surface area contributed by atoms with Gasteiger partial charge in [0.25, 0.3) is 0 Å². The van der Waals surface area contributed by atoms with E-state index in [-0.39, 0.29) is 4.90 Å². The molecule has 0 saturated carbocycles. The summed E-state index contributed by atoms with van der Waals surface area (Å²) in [7, 11) is -3.67. The Labute approximate surface area is 141 Å². The van der Waals surface area contributed by atoms with Crippen LogP contribution >= 0.6 is 0 Å². The number of amides is 1. The molecule has 0 unspecified atom stereocenters. The molecule has 0 fully saturated rings. The van der Waals surface area contributed by atoms with Gasteiger partial charge in [-0.1, -0.05) is 60.7 Å². The maximum atomic E-state index is 12.4. The normalized spacial score (nSPS) is 11.3. The van der Waals surface area contributed by atoms with Gasteiger partial charge in [0.2, 0.25) is 5.91 Å². The molecule has 0 radical (unpaired) electrons. The second kappa shape index (κ2) is 6.84. The van der Waals surface area contributed by atoms with Gasteiger partial charge in [0.15, 0.2) is 9.84 Å². The van der Waals surface area contributed by atoms with Gasteiger partial charge in [0, 0.05) is 6.54 Å². The van der Waals surface area contributed by atoms with E-state index in [1.807, 2.05) is 54.6 Å². The molecule has 0 heterocycles. The number of carbonyl (C=O) groups excluding carboxylic acids is 1. The first-order chi connectivity index (χ1) is 11.5. The minimum absolute atomic E-state index is 0.163. The highest BCUT2D eigenvalue weighted by atomic mass is 32.2. The maximum Gasteiger partial charge on any atom is 0.235 e. The largest absolute Gasteiger partial charge is 0.351 e. The van der Waals surface area contributed by atoms with Gasteiger partial charge >= 0.3 is 0 Å². The Kier molecular flexibility index (Phi) is 4.62. The summed E-state index contributed by atoms with van der Waals surface area (Å²) in [6.45, 7) is 0.312. The monoisotopic (exact) mass is 339 g/mol. The van der Waals surface area contributed by atoms with Crippen LogP contribution in [-0.2, 0) is 21.2 Å². The highest BCUT2D eigenvalue weighted by Crippen LogP contribution is 2.19. The molecular formula is C19H17NO3S. The fourth-order valence-electron chi connectivity index (χ4n) is 2.46. The van der Waals surface area contributed by atoms with Crippen LogP contribution in [-0.4, -0.2) is 20.1 Å². The van der Waals surface area contributed by atoms with E-state index < -0.39 is 21.5 Å². The van der Waals surface area contributed by atoms with Gasteiger partial charge in [-0.2, -0.15) is 0 Å². The Morgan fingerprint density at radius 2 is 1.50 bits per heavy atom. The zero-order valence-corrected chi connectivity index (χ0v) is 13.8. The molecule has 0 atom stereocenters. The van der Waals surface area contributed by atoms with Crippen molar-refractivity contribution < 1.29 is 13.2 Å². The van der Waals surface area contributed by atoms with Crippen LogP contribution in [0.5, 0.6) is 0 Å². The third-order valence-corrected chi connectivity index (χ3v) is 5.35. The van der Waals surface area contributed by atoms with Crippen molar-refractivity contribution in [3.05, 3.63) is 78.4 Å². The maximum absolute atomic E-state index is 12.4. The Bertz CT molecular complexity index is 966. The van der Waals surface area contributed by atoms with Crippen molar-refractivity contribution in [2.45, 2.75) is 11.4 Å². The lowest BCUT2D eigenvalue weighted by molar-refractivity contribution is -0.118. The average Bonchev–Trinajstić information content (AvgIpc) is 2.60. The minimum atomic E-state index is -3.67. The van der Waals surface area contributed by atoms with E-state index in [1.165, 1.54) is 0 Å². The fraction of sp³-hybridized carbons (Fsp3) is 0.105. The molecule has 4 nitrogen and oxygen atoms in total. The molecule has 1 amide bonds. The molecule has 0 aliphatic heterocycles. The van der Waals surface area contributed by atoms with Crippen molar-refractivity contribution in [3.8, 4) is 0 Å². The summed E-state index contributed by atoms with van der Waals surface area (Å²) in [5, 5.41) is 4.44. The molecule has 0 spiro atoms. The van der Waals surface area contributed by atoms with E-state index in [0.29, 0.717) is 6.54 Å². The number of sulfone groups is 1. The number of rotatable bonds is 5. The summed E-state index contributed by atoms with van der Waals surface area (Å²) in [5.74, 6) is -1.06. The third kappa shape index (κ3) is 3.81. The third-order valence-electron chi connectivity index (χ3n) is 3.73. The quantitative estimate of drug-likeness (QED) is 0.777. The van der Waals surface area contributed by atoms with Crippen molar-refractivity contribution in [2.75, 3.05) is 5.75 Å². The standard InChI is InChI=1S/C19H17NO3S/c21-19(20-13-15-6-2-1-3-7-15)14-24(22,23)18-11-10-16-8-4-5-9-17(16)12-18/h1-12H,13-14H2,(H,20,21). The van der Waals surface area contributed by atoms with Crippen LogP contribution in [0.25, 0.3) is 10.8 Å². The second-order valence-electron chi connectivity index (χ2n) is 5.53. The van der Waals surface area contributed by atoms with Gasteiger partial charge in [-0.15, -0.1) is 0 Å². The molecule has 3 aromatic rings. The van der Waals surface area contributed by atoms with Crippen LogP contribution in [0, 0.1) is 0 Å². The van der Waals surface area contributed by atoms with Crippen LogP contribution in [0.3, 0.4) is 0 Å². The summed E-state index contributed by atoms with van der Waals surface area (Å²) in [4.78, 5) is 12.1. The number of fused-ring (bicyclic) bond motifs is 1. The van der Waals surface area contributed by atoms with Crippen molar-refractivity contribution in [1.82, 2.24) is 5.32 Å². The van der Waals surface area contributed by atoms with Crippen molar-refractivity contribution in [2.24, 2.45) is 0 Å². The van der Waals surface area contributed by atoms with Gasteiger partial charge in [-0.05, 0) is 28.5 Å². The lowest BCUT2D eigenvalue weighted by Crippen LogP contribution is -2.29. The lowest BCUT2D eigenvalue weighted by Gasteiger charge is -2.07. The number of benzene rings is 3. The smallest absolute Gasteiger partial charge is 0.235 e. The van der Waals surface area contributed by atoms with Crippen LogP contribution < -0.4 is 5.32 Å². The highest BCUT2D eigenvalue weighted by molar-refractivity contribution is 7.92. The number of hydrogen-bond donors (Lipinski definition) is 1. The first kappa shape index (κ1) is 16.2. The van der Waals surface area contributed by atoms with Crippen molar-refractivity contribution in [1.29, 1.82) is 0 Å². The summed E-state index contributed by atoms with van der Waals surface area (Å²) in [6.07, 6.45) is 0. The molecule has 0 bridgehead atoms. The molecular weight excluding hydrogens is 322 g/mol. The van der Waals surface area contributed by atoms with E-state index >= 15 is 0 Å². The second-order valence-corrected chi connectivity index (χ2v) is 7.52. The van der Waals surface area contributed by atoms with Crippen LogP contribution in [0.4, 0.5) is 0 Å². The Morgan fingerprint density at radius 1 is 0.833 bits per heavy atom. The molecule has 3 aromatic carbocycles. The van der Waals surface area contributed by atoms with Gasteiger partial charge in [-0.3, -0.25) is 4.79 Å². The van der Waals surface area contributed by atoms with Gasteiger partial charge in [-0.25, -0.2) is 8.42 Å². The Balaban J connectivity index is 1.71. The lowest BCUT2D eigenvalue weighted by atomic mass is 10.1. The van der Waals surface area contributed by atoms with Gasteiger partial charge < -0.3 is 5.32 Å². The number of carbonyl (C=O) groups is 1. The SMILES string of the molecule is O=C(CS(=O)(=O)c1ccc2ccccc2c1)NCc1ccccc1. The van der Waals surface area contributed by atoms with Crippen LogP contribution in [0.15, 0.2) is 77.7 Å². The molecule has 3 rings (SSSR count). The zero-order valence-electron chi connectivity index (χ0n) is 13.0. The zero-order chi connectivity index (χ0) is 17.0. The van der Waals surface area contributed by atoms with Crippen molar-refractivity contribution >= 4 is 26.5 Å². The predicted molar refractivity (Wildman–Crippen MR) is 94.3 cm³/mol. The fourth-order valence-corrected chi connectivity index (χ4v) is 3.66. The molecule has 5 heteroatoms. The average molecular weight is 339 g/mol. The number of nitrogens with one attached hydrogen (secondary N) is 1. The Morgan fingerprint density at radius 3 is 2.25 bits per heavy atom. The first-order valence-electron chi connectivity index (χ1n) is 7.57. The van der Waals surface area contributed by atoms with E-state index in [4.69, 9.17) is 0 Å². The molecule has 0 saturated heterocycles. The first-order valence-corrected chi connectivity index (χ1v) is 9.22. The molecule has 0 aliphatic carbocycles. The van der Waals surface area contributed by atoms with E-state index in [1.54, 1.807) is 18.2 Å². The molecule has 122 valence electrons. The van der Waals surface area contributed by atoms with E-state index in [2.05, 4.69) is 5.32 Å². The molecule has 0 aromatic heterocycles. The summed E-state index contributed by atoms with van der Waals surface area (Å²) < 4.78 is 24.9. The summed E-state index contributed by atoms with van der Waals surface area (Å²) in [5.41, 5.74) is 0.925.